The van der Waals surface area contributed by atoms with Gasteiger partial charge < -0.3 is 4.90 Å². The summed E-state index contributed by atoms with van der Waals surface area (Å²) in [6.07, 6.45) is 3.31. The van der Waals surface area contributed by atoms with Crippen molar-refractivity contribution >= 4 is 16.8 Å². The number of benzene rings is 2. The summed E-state index contributed by atoms with van der Waals surface area (Å²) in [6, 6.07) is 20.0. The highest BCUT2D eigenvalue weighted by atomic mass is 16.2. The number of carbonyl (C=O) groups excluding carboxylic acids is 1. The topological polar surface area (TPSA) is 60.2 Å². The van der Waals surface area contributed by atoms with Crippen LogP contribution in [0.5, 0.6) is 0 Å². The molecule has 5 heteroatoms. The van der Waals surface area contributed by atoms with Crippen molar-refractivity contribution in [2.24, 2.45) is 0 Å². The summed E-state index contributed by atoms with van der Waals surface area (Å²) in [4.78, 5) is 22.8. The molecule has 5 rings (SSSR count). The van der Waals surface area contributed by atoms with Crippen LogP contribution in [0.15, 0.2) is 54.6 Å². The summed E-state index contributed by atoms with van der Waals surface area (Å²) >= 11 is 0. The minimum Gasteiger partial charge on any atom is -0.337 e. The molecule has 5 nitrogen and oxygen atoms in total. The Morgan fingerprint density at radius 3 is 2.61 bits per heavy atom. The lowest BCUT2D eigenvalue weighted by atomic mass is 10.0. The van der Waals surface area contributed by atoms with Crippen LogP contribution >= 0.6 is 0 Å². The van der Waals surface area contributed by atoms with Crippen molar-refractivity contribution in [1.82, 2.24) is 14.8 Å². The van der Waals surface area contributed by atoms with E-state index in [1.165, 1.54) is 18.4 Å². The second kappa shape index (κ2) is 8.49. The van der Waals surface area contributed by atoms with Crippen LogP contribution in [0.25, 0.3) is 10.9 Å². The maximum Gasteiger partial charge on any atom is 0.254 e. The summed E-state index contributed by atoms with van der Waals surface area (Å²) in [5, 5.41) is 9.93. The minimum absolute atomic E-state index is 0.126. The standard InChI is InChI=1S/C26H26N4O/c27-17-19-6-8-20(9-7-19)18-29-12-3-13-30(15-14-29)26(31)23-16-25(21-10-11-21)28-24-5-2-1-4-22(23)24/h1-2,4-9,16,21H,3,10-15,18H2. The molecule has 0 spiro atoms. The quantitative estimate of drug-likeness (QED) is 0.642. The molecular formula is C26H26N4O. The summed E-state index contributed by atoms with van der Waals surface area (Å²) in [5.41, 5.74) is 4.68. The first-order valence-corrected chi connectivity index (χ1v) is 11.1. The highest BCUT2D eigenvalue weighted by Gasteiger charge is 2.28. The van der Waals surface area contributed by atoms with E-state index in [-0.39, 0.29) is 5.91 Å². The van der Waals surface area contributed by atoms with E-state index < -0.39 is 0 Å². The van der Waals surface area contributed by atoms with Crippen LogP contribution in [-0.2, 0) is 6.54 Å². The largest absolute Gasteiger partial charge is 0.337 e. The highest BCUT2D eigenvalue weighted by Crippen LogP contribution is 2.40. The Bertz CT molecular complexity index is 1140. The first kappa shape index (κ1) is 19.7. The summed E-state index contributed by atoms with van der Waals surface area (Å²) < 4.78 is 0. The summed E-state index contributed by atoms with van der Waals surface area (Å²) in [7, 11) is 0. The number of para-hydroxylation sites is 1. The molecule has 1 saturated heterocycles. The molecule has 1 amide bonds. The highest BCUT2D eigenvalue weighted by molar-refractivity contribution is 6.06. The Labute approximate surface area is 182 Å². The van der Waals surface area contributed by atoms with Crippen molar-refractivity contribution in [2.45, 2.75) is 31.7 Å². The molecule has 1 aliphatic carbocycles. The lowest BCUT2D eigenvalue weighted by Crippen LogP contribution is -2.35. The lowest BCUT2D eigenvalue weighted by Gasteiger charge is -2.23. The van der Waals surface area contributed by atoms with Crippen molar-refractivity contribution in [1.29, 1.82) is 5.26 Å². The molecule has 0 unspecified atom stereocenters. The molecule has 2 fully saturated rings. The molecule has 156 valence electrons. The van der Waals surface area contributed by atoms with Crippen molar-refractivity contribution in [3.8, 4) is 6.07 Å². The van der Waals surface area contributed by atoms with Crippen LogP contribution in [0, 0.1) is 11.3 Å². The van der Waals surface area contributed by atoms with Crippen molar-refractivity contribution in [3.05, 3.63) is 77.0 Å². The van der Waals surface area contributed by atoms with E-state index in [4.69, 9.17) is 10.2 Å². The number of aromatic nitrogens is 1. The first-order valence-electron chi connectivity index (χ1n) is 11.1. The molecule has 3 aromatic rings. The molecule has 0 N–H and O–H groups in total. The van der Waals surface area contributed by atoms with E-state index in [9.17, 15) is 4.79 Å². The van der Waals surface area contributed by atoms with Crippen LogP contribution in [0.3, 0.4) is 0 Å². The number of hydrogen-bond acceptors (Lipinski definition) is 4. The van der Waals surface area contributed by atoms with Gasteiger partial charge in [0.2, 0.25) is 0 Å². The summed E-state index contributed by atoms with van der Waals surface area (Å²) in [5.74, 6) is 0.643. The van der Waals surface area contributed by atoms with Gasteiger partial charge in [-0.1, -0.05) is 30.3 Å². The lowest BCUT2D eigenvalue weighted by molar-refractivity contribution is 0.0763. The predicted molar refractivity (Wildman–Crippen MR) is 121 cm³/mol. The fourth-order valence-electron chi connectivity index (χ4n) is 4.41. The number of pyridine rings is 1. The Morgan fingerprint density at radius 2 is 1.84 bits per heavy atom. The maximum atomic E-state index is 13.5. The zero-order valence-corrected chi connectivity index (χ0v) is 17.6. The van der Waals surface area contributed by atoms with E-state index in [0.717, 1.165) is 61.3 Å². The van der Waals surface area contributed by atoms with Gasteiger partial charge in [-0.25, -0.2) is 0 Å². The molecule has 2 heterocycles. The molecule has 1 aromatic heterocycles. The number of hydrogen-bond donors (Lipinski definition) is 0. The smallest absolute Gasteiger partial charge is 0.254 e. The zero-order valence-electron chi connectivity index (χ0n) is 17.6. The minimum atomic E-state index is 0.126. The SMILES string of the molecule is N#Cc1ccc(CN2CCCN(C(=O)c3cc(C4CC4)nc4ccccc34)CC2)cc1. The van der Waals surface area contributed by atoms with Crippen LogP contribution in [0.4, 0.5) is 0 Å². The zero-order chi connectivity index (χ0) is 21.2. The van der Waals surface area contributed by atoms with Gasteiger partial charge in [-0.3, -0.25) is 14.7 Å². The molecule has 1 saturated carbocycles. The molecule has 2 aliphatic rings. The maximum absolute atomic E-state index is 13.5. The van der Waals surface area contributed by atoms with Crippen LogP contribution < -0.4 is 0 Å². The number of fused-ring (bicyclic) bond motifs is 1. The molecule has 31 heavy (non-hydrogen) atoms. The van der Waals surface area contributed by atoms with E-state index in [1.54, 1.807) is 0 Å². The Hall–Kier alpha value is -3.23. The van der Waals surface area contributed by atoms with Gasteiger partial charge in [0.05, 0.1) is 22.7 Å². The number of nitriles is 1. The van der Waals surface area contributed by atoms with Gasteiger partial charge in [-0.2, -0.15) is 5.26 Å². The Morgan fingerprint density at radius 1 is 1.03 bits per heavy atom. The van der Waals surface area contributed by atoms with E-state index >= 15 is 0 Å². The van der Waals surface area contributed by atoms with E-state index in [2.05, 4.69) is 11.0 Å². The van der Waals surface area contributed by atoms with Crippen molar-refractivity contribution in [3.63, 3.8) is 0 Å². The fourth-order valence-corrected chi connectivity index (χ4v) is 4.41. The average Bonchev–Trinajstić information content (AvgIpc) is 3.66. The molecule has 1 aliphatic heterocycles. The third kappa shape index (κ3) is 4.30. The first-order chi connectivity index (χ1) is 15.2. The van der Waals surface area contributed by atoms with Gasteiger partial charge in [0.15, 0.2) is 0 Å². The Balaban J connectivity index is 1.32. The second-order valence-electron chi connectivity index (χ2n) is 8.62. The number of amides is 1. The van der Waals surface area contributed by atoms with Gasteiger partial charge in [0.25, 0.3) is 5.91 Å². The molecule has 2 aromatic carbocycles. The average molecular weight is 411 g/mol. The van der Waals surface area contributed by atoms with Gasteiger partial charge in [0.1, 0.15) is 0 Å². The molecular weight excluding hydrogens is 384 g/mol. The van der Waals surface area contributed by atoms with Crippen molar-refractivity contribution < 1.29 is 4.79 Å². The van der Waals surface area contributed by atoms with Crippen LogP contribution in [-0.4, -0.2) is 46.9 Å². The van der Waals surface area contributed by atoms with Gasteiger partial charge in [0, 0.05) is 49.7 Å². The number of carbonyl (C=O) groups is 1. The number of nitrogens with zero attached hydrogens (tertiary/aromatic N) is 4. The predicted octanol–water partition coefficient (Wildman–Crippen LogP) is 4.33. The van der Waals surface area contributed by atoms with Gasteiger partial charge in [-0.15, -0.1) is 0 Å². The van der Waals surface area contributed by atoms with Gasteiger partial charge in [-0.05, 0) is 49.1 Å². The second-order valence-corrected chi connectivity index (χ2v) is 8.62. The van der Waals surface area contributed by atoms with Gasteiger partial charge >= 0.3 is 0 Å². The Kier molecular flexibility index (Phi) is 5.40. The van der Waals surface area contributed by atoms with Crippen LogP contribution in [0.1, 0.15) is 52.4 Å². The van der Waals surface area contributed by atoms with E-state index in [1.807, 2.05) is 59.5 Å². The molecule has 0 radical (unpaired) electrons. The third-order valence-corrected chi connectivity index (χ3v) is 6.33. The van der Waals surface area contributed by atoms with Crippen molar-refractivity contribution in [2.75, 3.05) is 26.2 Å². The fraction of sp³-hybridized carbons (Fsp3) is 0.346. The monoisotopic (exact) mass is 410 g/mol. The molecule has 0 bridgehead atoms. The normalized spacial score (nSPS) is 17.3. The third-order valence-electron chi connectivity index (χ3n) is 6.33. The van der Waals surface area contributed by atoms with E-state index in [0.29, 0.717) is 11.5 Å². The summed E-state index contributed by atoms with van der Waals surface area (Å²) in [6.45, 7) is 4.17. The van der Waals surface area contributed by atoms with Crippen LogP contribution in [0.2, 0.25) is 0 Å². The number of rotatable bonds is 4. The molecule has 0 atom stereocenters.